The summed E-state index contributed by atoms with van der Waals surface area (Å²) in [5.74, 6) is 5.96. The van der Waals surface area contributed by atoms with Gasteiger partial charge in [-0.15, -0.1) is 0 Å². The SMILES string of the molecule is NCCC#Cc1ccc(N=C=S)cc1. The lowest BCUT2D eigenvalue weighted by Crippen LogP contribution is -1.95. The van der Waals surface area contributed by atoms with Crippen molar-refractivity contribution in [3.63, 3.8) is 0 Å². The summed E-state index contributed by atoms with van der Waals surface area (Å²) in [5, 5.41) is 2.31. The Kier molecular flexibility index (Phi) is 4.60. The van der Waals surface area contributed by atoms with E-state index in [0.717, 1.165) is 17.7 Å². The van der Waals surface area contributed by atoms with E-state index >= 15 is 0 Å². The lowest BCUT2D eigenvalue weighted by molar-refractivity contribution is 1.03. The van der Waals surface area contributed by atoms with E-state index in [9.17, 15) is 0 Å². The van der Waals surface area contributed by atoms with E-state index in [0.29, 0.717) is 6.54 Å². The van der Waals surface area contributed by atoms with Crippen LogP contribution in [0, 0.1) is 11.8 Å². The Hall–Kier alpha value is -1.46. The topological polar surface area (TPSA) is 38.4 Å². The molecule has 0 aliphatic heterocycles. The van der Waals surface area contributed by atoms with Gasteiger partial charge in [-0.1, -0.05) is 11.8 Å². The van der Waals surface area contributed by atoms with Crippen LogP contribution in [0.5, 0.6) is 0 Å². The first-order valence-corrected chi connectivity index (χ1v) is 4.64. The number of aliphatic imine (C=N–C) groups is 1. The maximum absolute atomic E-state index is 5.32. The van der Waals surface area contributed by atoms with Crippen molar-refractivity contribution in [2.45, 2.75) is 6.42 Å². The van der Waals surface area contributed by atoms with E-state index in [4.69, 9.17) is 5.73 Å². The Balaban J connectivity index is 2.74. The number of rotatable bonds is 2. The molecule has 0 aliphatic rings. The first kappa shape index (κ1) is 10.6. The molecule has 1 aromatic rings. The Morgan fingerprint density at radius 1 is 1.29 bits per heavy atom. The molecule has 0 saturated carbocycles. The second kappa shape index (κ2) is 6.06. The Morgan fingerprint density at radius 2 is 2.00 bits per heavy atom. The van der Waals surface area contributed by atoms with Gasteiger partial charge in [0.1, 0.15) is 0 Å². The average Bonchev–Trinajstić information content (AvgIpc) is 2.21. The van der Waals surface area contributed by atoms with Crippen molar-refractivity contribution >= 4 is 23.1 Å². The molecule has 2 N–H and O–H groups in total. The number of thiocarbonyl (C=S) groups is 1. The zero-order chi connectivity index (χ0) is 10.2. The minimum absolute atomic E-state index is 0.598. The monoisotopic (exact) mass is 202 g/mol. The number of nitrogens with two attached hydrogens (primary N) is 1. The van der Waals surface area contributed by atoms with Gasteiger partial charge in [-0.05, 0) is 36.5 Å². The highest BCUT2D eigenvalue weighted by Crippen LogP contribution is 2.11. The van der Waals surface area contributed by atoms with Crippen molar-refractivity contribution in [1.82, 2.24) is 0 Å². The minimum atomic E-state index is 0.598. The summed E-state index contributed by atoms with van der Waals surface area (Å²) in [4.78, 5) is 3.84. The number of nitrogens with zero attached hydrogens (tertiary/aromatic N) is 1. The third-order valence-corrected chi connectivity index (χ3v) is 1.64. The summed E-state index contributed by atoms with van der Waals surface area (Å²) < 4.78 is 0. The number of isothiocyanates is 1. The van der Waals surface area contributed by atoms with Crippen molar-refractivity contribution < 1.29 is 0 Å². The van der Waals surface area contributed by atoms with Crippen LogP contribution in [0.2, 0.25) is 0 Å². The molecule has 0 amide bonds. The Labute approximate surface area is 88.8 Å². The van der Waals surface area contributed by atoms with Crippen molar-refractivity contribution in [2.75, 3.05) is 6.54 Å². The molecule has 14 heavy (non-hydrogen) atoms. The molecule has 2 nitrogen and oxygen atoms in total. The van der Waals surface area contributed by atoms with E-state index < -0.39 is 0 Å². The van der Waals surface area contributed by atoms with Crippen LogP contribution >= 0.6 is 12.2 Å². The third kappa shape index (κ3) is 3.51. The predicted molar refractivity (Wildman–Crippen MR) is 61.7 cm³/mol. The minimum Gasteiger partial charge on any atom is -0.330 e. The van der Waals surface area contributed by atoms with Crippen LogP contribution in [0.4, 0.5) is 5.69 Å². The van der Waals surface area contributed by atoms with Crippen LogP contribution in [0.1, 0.15) is 12.0 Å². The van der Waals surface area contributed by atoms with E-state index in [1.165, 1.54) is 0 Å². The molecule has 0 spiro atoms. The van der Waals surface area contributed by atoms with Gasteiger partial charge in [0.05, 0.1) is 10.8 Å². The summed E-state index contributed by atoms with van der Waals surface area (Å²) in [6.45, 7) is 0.598. The van der Waals surface area contributed by atoms with E-state index in [1.54, 1.807) is 0 Å². The summed E-state index contributed by atoms with van der Waals surface area (Å²) in [6.07, 6.45) is 0.722. The van der Waals surface area contributed by atoms with Gasteiger partial charge in [-0.2, -0.15) is 4.99 Å². The van der Waals surface area contributed by atoms with Crippen molar-refractivity contribution in [1.29, 1.82) is 0 Å². The molecule has 0 aliphatic carbocycles. The summed E-state index contributed by atoms with van der Waals surface area (Å²) in [7, 11) is 0. The highest BCUT2D eigenvalue weighted by Gasteiger charge is 1.87. The van der Waals surface area contributed by atoms with E-state index in [2.05, 4.69) is 34.2 Å². The first-order valence-electron chi connectivity index (χ1n) is 4.23. The predicted octanol–water partition coefficient (Wildman–Crippen LogP) is 2.12. The number of hydrogen-bond acceptors (Lipinski definition) is 3. The zero-order valence-corrected chi connectivity index (χ0v) is 8.47. The van der Waals surface area contributed by atoms with Crippen LogP contribution in [0.25, 0.3) is 0 Å². The van der Waals surface area contributed by atoms with Gasteiger partial charge in [-0.25, -0.2) is 0 Å². The van der Waals surface area contributed by atoms with Gasteiger partial charge in [0.2, 0.25) is 0 Å². The maximum atomic E-state index is 5.32. The lowest BCUT2D eigenvalue weighted by Gasteiger charge is -1.91. The molecule has 0 atom stereocenters. The summed E-state index contributed by atoms with van der Waals surface area (Å²) in [6, 6.07) is 7.50. The van der Waals surface area contributed by atoms with E-state index in [-0.39, 0.29) is 0 Å². The summed E-state index contributed by atoms with van der Waals surface area (Å²) >= 11 is 4.49. The van der Waals surface area contributed by atoms with Crippen molar-refractivity contribution in [3.05, 3.63) is 29.8 Å². The second-order valence-corrected chi connectivity index (χ2v) is 2.77. The Bertz CT molecular complexity index is 392. The zero-order valence-electron chi connectivity index (χ0n) is 7.66. The number of benzene rings is 1. The first-order chi connectivity index (χ1) is 6.86. The smallest absolute Gasteiger partial charge is 0.0740 e. The molecule has 1 rings (SSSR count). The van der Waals surface area contributed by atoms with Gasteiger partial charge in [-0.3, -0.25) is 0 Å². The third-order valence-electron chi connectivity index (χ3n) is 1.54. The molecular formula is C11H10N2S. The normalized spacial score (nSPS) is 8.36. The lowest BCUT2D eigenvalue weighted by atomic mass is 10.2. The quantitative estimate of drug-likeness (QED) is 0.453. The fraction of sp³-hybridized carbons (Fsp3) is 0.182. The van der Waals surface area contributed by atoms with Crippen LogP contribution < -0.4 is 5.73 Å². The van der Waals surface area contributed by atoms with Gasteiger partial charge in [0, 0.05) is 18.5 Å². The standard InChI is InChI=1S/C11H10N2S/c12-8-2-1-3-10-4-6-11(7-5-10)13-9-14/h4-7H,2,8,12H2. The van der Waals surface area contributed by atoms with Crippen LogP contribution in [0.15, 0.2) is 29.3 Å². The average molecular weight is 202 g/mol. The van der Waals surface area contributed by atoms with E-state index in [1.807, 2.05) is 24.3 Å². The molecule has 0 fully saturated rings. The maximum Gasteiger partial charge on any atom is 0.0740 e. The van der Waals surface area contributed by atoms with Gasteiger partial charge in [0.15, 0.2) is 0 Å². The molecule has 3 heteroatoms. The molecule has 0 saturated heterocycles. The second-order valence-electron chi connectivity index (χ2n) is 2.59. The molecular weight excluding hydrogens is 192 g/mol. The van der Waals surface area contributed by atoms with Gasteiger partial charge < -0.3 is 5.73 Å². The van der Waals surface area contributed by atoms with Crippen molar-refractivity contribution in [3.8, 4) is 11.8 Å². The highest BCUT2D eigenvalue weighted by molar-refractivity contribution is 7.78. The fourth-order valence-corrected chi connectivity index (χ4v) is 1.01. The van der Waals surface area contributed by atoms with Crippen LogP contribution in [-0.2, 0) is 0 Å². The fourth-order valence-electron chi connectivity index (χ4n) is 0.909. The molecule has 0 bridgehead atoms. The van der Waals surface area contributed by atoms with Gasteiger partial charge >= 0.3 is 0 Å². The molecule has 0 aromatic heterocycles. The highest BCUT2D eigenvalue weighted by atomic mass is 32.1. The Morgan fingerprint density at radius 3 is 2.57 bits per heavy atom. The molecule has 0 radical (unpaired) electrons. The van der Waals surface area contributed by atoms with Gasteiger partial charge in [0.25, 0.3) is 0 Å². The molecule has 0 unspecified atom stereocenters. The molecule has 70 valence electrons. The van der Waals surface area contributed by atoms with Crippen LogP contribution in [-0.4, -0.2) is 11.7 Å². The summed E-state index contributed by atoms with van der Waals surface area (Å²) in [5.41, 5.74) is 7.07. The largest absolute Gasteiger partial charge is 0.330 e. The molecule has 1 aromatic carbocycles. The number of hydrogen-bond donors (Lipinski definition) is 1. The van der Waals surface area contributed by atoms with Crippen LogP contribution in [0.3, 0.4) is 0 Å². The molecule has 0 heterocycles. The van der Waals surface area contributed by atoms with Crippen molar-refractivity contribution in [2.24, 2.45) is 10.7 Å².